The molecule has 0 unspecified atom stereocenters. The smallest absolute Gasteiger partial charge is 0.308 e. The van der Waals surface area contributed by atoms with Gasteiger partial charge in [0.05, 0.1) is 26.2 Å². The average Bonchev–Trinajstić information content (AvgIpc) is 2.43. The van der Waals surface area contributed by atoms with E-state index in [2.05, 4.69) is 0 Å². The molecule has 1 aromatic carbocycles. The number of methoxy groups -OCH3 is 1. The highest BCUT2D eigenvalue weighted by atomic mass is 16.5. The molecule has 1 rings (SSSR count). The van der Waals surface area contributed by atoms with E-state index >= 15 is 0 Å². The normalized spacial score (nSPS) is 13.1. The van der Waals surface area contributed by atoms with Crippen molar-refractivity contribution in [2.75, 3.05) is 13.7 Å². The SMILES string of the molecule is COC(=O)[C@@H](C)C/C(C)=C/COCc1ccccc1. The number of carbonyl (C=O) groups is 1. The Bertz CT molecular complexity index is 409. The van der Waals surface area contributed by atoms with Crippen LogP contribution in [0.2, 0.25) is 0 Å². The van der Waals surface area contributed by atoms with Gasteiger partial charge < -0.3 is 9.47 Å². The van der Waals surface area contributed by atoms with E-state index in [1.807, 2.05) is 50.3 Å². The van der Waals surface area contributed by atoms with Crippen LogP contribution < -0.4 is 0 Å². The second kappa shape index (κ2) is 8.48. The Balaban J connectivity index is 2.26. The molecule has 19 heavy (non-hydrogen) atoms. The second-order valence-electron chi connectivity index (χ2n) is 4.68. The van der Waals surface area contributed by atoms with Crippen molar-refractivity contribution in [3.05, 3.63) is 47.5 Å². The average molecular weight is 262 g/mol. The van der Waals surface area contributed by atoms with Gasteiger partial charge in [-0.1, -0.05) is 48.9 Å². The number of rotatable bonds is 7. The molecule has 0 N–H and O–H groups in total. The molecule has 0 fully saturated rings. The minimum atomic E-state index is -0.169. The van der Waals surface area contributed by atoms with Gasteiger partial charge >= 0.3 is 5.97 Å². The molecule has 0 bridgehead atoms. The summed E-state index contributed by atoms with van der Waals surface area (Å²) in [6.07, 6.45) is 2.73. The van der Waals surface area contributed by atoms with Crippen LogP contribution in [0.5, 0.6) is 0 Å². The molecule has 1 aromatic rings. The van der Waals surface area contributed by atoms with E-state index in [0.717, 1.165) is 11.1 Å². The van der Waals surface area contributed by atoms with Crippen LogP contribution in [0.3, 0.4) is 0 Å². The number of hydrogen-bond acceptors (Lipinski definition) is 3. The molecule has 0 saturated heterocycles. The molecule has 1 atom stereocenters. The Morgan fingerprint density at radius 1 is 1.32 bits per heavy atom. The minimum Gasteiger partial charge on any atom is -0.469 e. The van der Waals surface area contributed by atoms with Gasteiger partial charge in [-0.05, 0) is 18.9 Å². The van der Waals surface area contributed by atoms with Crippen molar-refractivity contribution in [3.63, 3.8) is 0 Å². The Kier molecular flexibility index (Phi) is 6.90. The van der Waals surface area contributed by atoms with Crippen LogP contribution in [0.25, 0.3) is 0 Å². The summed E-state index contributed by atoms with van der Waals surface area (Å²) in [4.78, 5) is 11.3. The van der Waals surface area contributed by atoms with Crippen molar-refractivity contribution in [1.29, 1.82) is 0 Å². The van der Waals surface area contributed by atoms with E-state index in [1.165, 1.54) is 7.11 Å². The van der Waals surface area contributed by atoms with Crippen molar-refractivity contribution in [2.45, 2.75) is 26.9 Å². The first-order valence-electron chi connectivity index (χ1n) is 6.48. The predicted octanol–water partition coefficient (Wildman–Crippen LogP) is 3.35. The van der Waals surface area contributed by atoms with Crippen LogP contribution in [0.15, 0.2) is 42.0 Å². The van der Waals surface area contributed by atoms with Crippen LogP contribution in [0.1, 0.15) is 25.8 Å². The second-order valence-corrected chi connectivity index (χ2v) is 4.68. The van der Waals surface area contributed by atoms with E-state index in [1.54, 1.807) is 0 Å². The van der Waals surface area contributed by atoms with Gasteiger partial charge in [-0.3, -0.25) is 4.79 Å². The Morgan fingerprint density at radius 3 is 2.63 bits per heavy atom. The third-order valence-electron chi connectivity index (χ3n) is 2.89. The van der Waals surface area contributed by atoms with E-state index in [9.17, 15) is 4.79 Å². The molecule has 0 radical (unpaired) electrons. The van der Waals surface area contributed by atoms with Gasteiger partial charge in [-0.25, -0.2) is 0 Å². The van der Waals surface area contributed by atoms with Crippen molar-refractivity contribution in [3.8, 4) is 0 Å². The van der Waals surface area contributed by atoms with Gasteiger partial charge in [0.1, 0.15) is 0 Å². The first-order chi connectivity index (χ1) is 9.13. The lowest BCUT2D eigenvalue weighted by Gasteiger charge is -2.09. The molecule has 3 heteroatoms. The van der Waals surface area contributed by atoms with Crippen LogP contribution in [-0.2, 0) is 20.9 Å². The summed E-state index contributed by atoms with van der Waals surface area (Å²) in [6, 6.07) is 10.1. The summed E-state index contributed by atoms with van der Waals surface area (Å²) in [5.74, 6) is -0.270. The fourth-order valence-electron chi connectivity index (χ4n) is 1.80. The first-order valence-corrected chi connectivity index (χ1v) is 6.48. The van der Waals surface area contributed by atoms with E-state index in [4.69, 9.17) is 9.47 Å². The zero-order chi connectivity index (χ0) is 14.1. The van der Waals surface area contributed by atoms with Gasteiger partial charge in [0.2, 0.25) is 0 Å². The van der Waals surface area contributed by atoms with Gasteiger partial charge in [0.15, 0.2) is 0 Å². The molecule has 0 aliphatic heterocycles. The van der Waals surface area contributed by atoms with Crippen molar-refractivity contribution in [1.82, 2.24) is 0 Å². The molecule has 0 amide bonds. The standard InChI is InChI=1S/C16H22O3/c1-13(11-14(2)16(17)18-3)9-10-19-12-15-7-5-4-6-8-15/h4-9,14H,10-12H2,1-3H3/b13-9+/t14-/m0/s1. The monoisotopic (exact) mass is 262 g/mol. The quantitative estimate of drug-likeness (QED) is 0.429. The summed E-state index contributed by atoms with van der Waals surface area (Å²) in [5.41, 5.74) is 2.31. The van der Waals surface area contributed by atoms with E-state index in [0.29, 0.717) is 19.6 Å². The predicted molar refractivity (Wildman–Crippen MR) is 75.7 cm³/mol. The van der Waals surface area contributed by atoms with Crippen LogP contribution >= 0.6 is 0 Å². The van der Waals surface area contributed by atoms with E-state index < -0.39 is 0 Å². The Labute approximate surface area is 115 Å². The molecule has 0 spiro atoms. The first kappa shape index (κ1) is 15.4. The van der Waals surface area contributed by atoms with Gasteiger partial charge in [-0.15, -0.1) is 0 Å². The number of esters is 1. The number of carbonyl (C=O) groups excluding carboxylic acids is 1. The summed E-state index contributed by atoms with van der Waals surface area (Å²) < 4.78 is 10.3. The van der Waals surface area contributed by atoms with Gasteiger partial charge in [0, 0.05) is 0 Å². The number of allylic oxidation sites excluding steroid dienone is 1. The van der Waals surface area contributed by atoms with Crippen molar-refractivity contribution < 1.29 is 14.3 Å². The highest BCUT2D eigenvalue weighted by molar-refractivity contribution is 5.72. The summed E-state index contributed by atoms with van der Waals surface area (Å²) in [6.45, 7) is 5.05. The molecule has 104 valence electrons. The topological polar surface area (TPSA) is 35.5 Å². The van der Waals surface area contributed by atoms with Crippen LogP contribution in [-0.4, -0.2) is 19.7 Å². The highest BCUT2D eigenvalue weighted by Gasteiger charge is 2.12. The molecular weight excluding hydrogens is 240 g/mol. The highest BCUT2D eigenvalue weighted by Crippen LogP contribution is 2.12. The third kappa shape index (κ3) is 6.20. The van der Waals surface area contributed by atoms with Crippen molar-refractivity contribution in [2.24, 2.45) is 5.92 Å². The third-order valence-corrected chi connectivity index (χ3v) is 2.89. The van der Waals surface area contributed by atoms with Crippen LogP contribution in [0.4, 0.5) is 0 Å². The zero-order valence-corrected chi connectivity index (χ0v) is 11.9. The molecule has 0 aromatic heterocycles. The Hall–Kier alpha value is -1.61. The lowest BCUT2D eigenvalue weighted by Crippen LogP contribution is -2.12. The molecule has 3 nitrogen and oxygen atoms in total. The lowest BCUT2D eigenvalue weighted by atomic mass is 10.0. The van der Waals surface area contributed by atoms with E-state index in [-0.39, 0.29) is 11.9 Å². The molecule has 0 aliphatic rings. The number of benzene rings is 1. The summed E-state index contributed by atoms with van der Waals surface area (Å²) in [7, 11) is 1.42. The maximum Gasteiger partial charge on any atom is 0.308 e. The van der Waals surface area contributed by atoms with Gasteiger partial charge in [-0.2, -0.15) is 0 Å². The number of hydrogen-bond donors (Lipinski definition) is 0. The maximum absolute atomic E-state index is 11.3. The molecular formula is C16H22O3. The Morgan fingerprint density at radius 2 is 2.00 bits per heavy atom. The summed E-state index contributed by atoms with van der Waals surface area (Å²) in [5, 5.41) is 0. The molecule has 0 heterocycles. The fourth-order valence-corrected chi connectivity index (χ4v) is 1.80. The van der Waals surface area contributed by atoms with Gasteiger partial charge in [0.25, 0.3) is 0 Å². The fraction of sp³-hybridized carbons (Fsp3) is 0.438. The lowest BCUT2D eigenvalue weighted by molar-refractivity contribution is -0.144. The number of ether oxygens (including phenoxy) is 2. The van der Waals surface area contributed by atoms with Crippen molar-refractivity contribution >= 4 is 5.97 Å². The zero-order valence-electron chi connectivity index (χ0n) is 11.9. The molecule has 0 saturated carbocycles. The largest absolute Gasteiger partial charge is 0.469 e. The maximum atomic E-state index is 11.3. The minimum absolute atomic E-state index is 0.102. The molecule has 0 aliphatic carbocycles. The van der Waals surface area contributed by atoms with Crippen LogP contribution in [0, 0.1) is 5.92 Å². The summed E-state index contributed by atoms with van der Waals surface area (Å²) >= 11 is 0.